The zero-order valence-corrected chi connectivity index (χ0v) is 12.8. The Morgan fingerprint density at radius 3 is 2.45 bits per heavy atom. The van der Waals surface area contributed by atoms with Crippen molar-refractivity contribution < 1.29 is 18.3 Å². The molecule has 0 fully saturated rings. The van der Waals surface area contributed by atoms with Crippen LogP contribution in [0.5, 0.6) is 0 Å². The largest absolute Gasteiger partial charge is 0.389 e. The van der Waals surface area contributed by atoms with Crippen molar-refractivity contribution in [2.24, 2.45) is 0 Å². The molecule has 0 saturated heterocycles. The van der Waals surface area contributed by atoms with Gasteiger partial charge in [0.05, 0.1) is 11.0 Å². The average molecular weight is 301 g/mol. The fourth-order valence-electron chi connectivity index (χ4n) is 1.64. The first-order valence-corrected chi connectivity index (χ1v) is 8.31. The van der Waals surface area contributed by atoms with Crippen molar-refractivity contribution in [1.29, 1.82) is 0 Å². The zero-order valence-electron chi connectivity index (χ0n) is 12.0. The third kappa shape index (κ3) is 5.58. The number of hydrogen-bond acceptors (Lipinski definition) is 4. The second-order valence-electron chi connectivity index (χ2n) is 4.61. The molecule has 0 radical (unpaired) electrons. The monoisotopic (exact) mass is 301 g/mol. The van der Waals surface area contributed by atoms with Crippen LogP contribution < -0.4 is 4.72 Å². The van der Waals surface area contributed by atoms with E-state index in [1.165, 1.54) is 12.1 Å². The fourth-order valence-corrected chi connectivity index (χ4v) is 2.71. The molecular weight excluding hydrogens is 278 g/mol. The predicted molar refractivity (Wildman–Crippen MR) is 78.0 cm³/mol. The lowest BCUT2D eigenvalue weighted by Gasteiger charge is -2.09. The van der Waals surface area contributed by atoms with Crippen LogP contribution in [0.1, 0.15) is 38.4 Å². The van der Waals surface area contributed by atoms with Gasteiger partial charge in [0.2, 0.25) is 10.0 Å². The van der Waals surface area contributed by atoms with Crippen molar-refractivity contribution in [3.8, 4) is 0 Å². The molecule has 0 saturated carbocycles. The van der Waals surface area contributed by atoms with Crippen LogP contribution in [0, 0.1) is 0 Å². The normalized spacial score (nSPS) is 13.3. The Bertz CT molecular complexity index is 482. The summed E-state index contributed by atoms with van der Waals surface area (Å²) >= 11 is 0. The first-order valence-electron chi connectivity index (χ1n) is 6.83. The van der Waals surface area contributed by atoms with E-state index >= 15 is 0 Å². The topological polar surface area (TPSA) is 75.6 Å². The molecule has 0 bridgehead atoms. The van der Waals surface area contributed by atoms with Crippen LogP contribution in [0.2, 0.25) is 0 Å². The molecule has 1 atom stereocenters. The lowest BCUT2D eigenvalue weighted by atomic mass is 10.1. The molecule has 2 N–H and O–H groups in total. The van der Waals surface area contributed by atoms with Gasteiger partial charge in [-0.3, -0.25) is 0 Å². The van der Waals surface area contributed by atoms with Crippen LogP contribution in [-0.4, -0.2) is 33.3 Å². The van der Waals surface area contributed by atoms with Crippen LogP contribution in [0.4, 0.5) is 0 Å². The molecule has 5 nitrogen and oxygen atoms in total. The first-order chi connectivity index (χ1) is 9.47. The highest BCUT2D eigenvalue weighted by molar-refractivity contribution is 7.89. The van der Waals surface area contributed by atoms with Crippen LogP contribution in [0.3, 0.4) is 0 Å². The van der Waals surface area contributed by atoms with Crippen molar-refractivity contribution in [1.82, 2.24) is 4.72 Å². The molecular formula is C14H23NO4S. The molecule has 0 heterocycles. The number of hydrogen-bond donors (Lipinski definition) is 2. The Balaban J connectivity index is 2.47. The minimum atomic E-state index is -3.48. The molecule has 20 heavy (non-hydrogen) atoms. The van der Waals surface area contributed by atoms with Crippen molar-refractivity contribution in [3.63, 3.8) is 0 Å². The van der Waals surface area contributed by atoms with E-state index in [0.29, 0.717) is 31.7 Å². The highest BCUT2D eigenvalue weighted by Crippen LogP contribution is 2.15. The van der Waals surface area contributed by atoms with Gasteiger partial charge in [-0.05, 0) is 37.5 Å². The number of benzene rings is 1. The summed E-state index contributed by atoms with van der Waals surface area (Å²) in [4.78, 5) is 0.205. The summed E-state index contributed by atoms with van der Waals surface area (Å²) in [6, 6.07) is 6.23. The van der Waals surface area contributed by atoms with E-state index in [1.54, 1.807) is 19.1 Å². The first kappa shape index (κ1) is 17.1. The molecule has 0 amide bonds. The Morgan fingerprint density at radius 1 is 1.25 bits per heavy atom. The van der Waals surface area contributed by atoms with E-state index in [9.17, 15) is 13.5 Å². The summed E-state index contributed by atoms with van der Waals surface area (Å²) < 4.78 is 31.8. The van der Waals surface area contributed by atoms with Gasteiger partial charge in [0.1, 0.15) is 0 Å². The molecule has 0 spiro atoms. The van der Waals surface area contributed by atoms with E-state index < -0.39 is 16.1 Å². The van der Waals surface area contributed by atoms with E-state index in [4.69, 9.17) is 4.74 Å². The van der Waals surface area contributed by atoms with Crippen molar-refractivity contribution >= 4 is 10.0 Å². The highest BCUT2D eigenvalue weighted by Gasteiger charge is 2.13. The molecule has 6 heteroatoms. The summed E-state index contributed by atoms with van der Waals surface area (Å²) in [6.45, 7) is 5.27. The average Bonchev–Trinajstić information content (AvgIpc) is 2.43. The van der Waals surface area contributed by atoms with Gasteiger partial charge in [0.15, 0.2) is 0 Å². The van der Waals surface area contributed by atoms with Gasteiger partial charge in [-0.1, -0.05) is 19.1 Å². The van der Waals surface area contributed by atoms with Crippen molar-refractivity contribution in [2.45, 2.75) is 37.7 Å². The maximum absolute atomic E-state index is 12.0. The van der Waals surface area contributed by atoms with E-state index in [0.717, 1.165) is 6.42 Å². The zero-order chi connectivity index (χ0) is 15.0. The minimum absolute atomic E-state index is 0.205. The molecule has 0 aliphatic heterocycles. The SMILES string of the molecule is CCCOCCCNS(=O)(=O)c1ccc(C(C)O)cc1. The maximum Gasteiger partial charge on any atom is 0.240 e. The van der Waals surface area contributed by atoms with Crippen molar-refractivity contribution in [2.75, 3.05) is 19.8 Å². The third-order valence-corrected chi connectivity index (χ3v) is 4.26. The second kappa shape index (κ2) is 8.36. The molecule has 1 rings (SSSR count). The molecule has 0 aliphatic rings. The maximum atomic E-state index is 12.0. The van der Waals surface area contributed by atoms with Gasteiger partial charge in [0.25, 0.3) is 0 Å². The molecule has 1 unspecified atom stereocenters. The lowest BCUT2D eigenvalue weighted by molar-refractivity contribution is 0.133. The molecule has 1 aromatic rings. The minimum Gasteiger partial charge on any atom is -0.389 e. The van der Waals surface area contributed by atoms with Gasteiger partial charge in [-0.2, -0.15) is 0 Å². The van der Waals surface area contributed by atoms with E-state index in [-0.39, 0.29) is 4.90 Å². The lowest BCUT2D eigenvalue weighted by Crippen LogP contribution is -2.25. The van der Waals surface area contributed by atoms with Gasteiger partial charge < -0.3 is 9.84 Å². The van der Waals surface area contributed by atoms with Gasteiger partial charge in [0, 0.05) is 19.8 Å². The number of ether oxygens (including phenoxy) is 1. The Hall–Kier alpha value is -0.950. The molecule has 0 aromatic heterocycles. The predicted octanol–water partition coefficient (Wildman–Crippen LogP) is 1.83. The van der Waals surface area contributed by atoms with Crippen LogP contribution in [0.25, 0.3) is 0 Å². The van der Waals surface area contributed by atoms with Gasteiger partial charge in [-0.15, -0.1) is 0 Å². The van der Waals surface area contributed by atoms with Crippen LogP contribution >= 0.6 is 0 Å². The van der Waals surface area contributed by atoms with Crippen LogP contribution in [0.15, 0.2) is 29.2 Å². The molecule has 1 aromatic carbocycles. The second-order valence-corrected chi connectivity index (χ2v) is 6.38. The Labute approximate surface area is 121 Å². The Kier molecular flexibility index (Phi) is 7.15. The van der Waals surface area contributed by atoms with Crippen LogP contribution in [-0.2, 0) is 14.8 Å². The summed E-state index contributed by atoms with van der Waals surface area (Å²) in [5.74, 6) is 0. The number of rotatable bonds is 9. The number of aliphatic hydroxyl groups is 1. The summed E-state index contributed by atoms with van der Waals surface area (Å²) in [5.41, 5.74) is 0.692. The smallest absolute Gasteiger partial charge is 0.240 e. The van der Waals surface area contributed by atoms with E-state index in [2.05, 4.69) is 4.72 Å². The van der Waals surface area contributed by atoms with Crippen molar-refractivity contribution in [3.05, 3.63) is 29.8 Å². The quantitative estimate of drug-likeness (QED) is 0.682. The van der Waals surface area contributed by atoms with Gasteiger partial charge >= 0.3 is 0 Å². The van der Waals surface area contributed by atoms with Gasteiger partial charge in [-0.25, -0.2) is 13.1 Å². The molecule has 0 aliphatic carbocycles. The third-order valence-electron chi connectivity index (χ3n) is 2.78. The summed E-state index contributed by atoms with van der Waals surface area (Å²) in [5, 5.41) is 9.38. The Morgan fingerprint density at radius 2 is 1.90 bits per heavy atom. The molecule has 114 valence electrons. The summed E-state index contributed by atoms with van der Waals surface area (Å²) in [7, 11) is -3.48. The fraction of sp³-hybridized carbons (Fsp3) is 0.571. The highest BCUT2D eigenvalue weighted by atomic mass is 32.2. The van der Waals surface area contributed by atoms with E-state index in [1.807, 2.05) is 6.92 Å². The number of nitrogens with one attached hydrogen (secondary N) is 1. The summed E-state index contributed by atoms with van der Waals surface area (Å²) in [6.07, 6.45) is 1.00. The number of sulfonamides is 1. The standard InChI is InChI=1S/C14H23NO4S/c1-3-10-19-11-4-9-15-20(17,18)14-7-5-13(6-8-14)12(2)16/h5-8,12,15-16H,3-4,9-11H2,1-2H3. The number of aliphatic hydroxyl groups excluding tert-OH is 1.